The molecule has 10 heteroatoms. The smallest absolute Gasteiger partial charge is 0.420 e. The monoisotopic (exact) mass is 399 g/mol. The van der Waals surface area contributed by atoms with Gasteiger partial charge < -0.3 is 14.7 Å². The fourth-order valence-corrected chi connectivity index (χ4v) is 4.42. The van der Waals surface area contributed by atoms with Gasteiger partial charge in [0.1, 0.15) is 0 Å². The lowest BCUT2D eigenvalue weighted by Gasteiger charge is -2.16. The summed E-state index contributed by atoms with van der Waals surface area (Å²) in [7, 11) is -4.33. The fourth-order valence-electron chi connectivity index (χ4n) is 1.29. The maximum Gasteiger partial charge on any atom is 0.420 e. The van der Waals surface area contributed by atoms with Crippen LogP contribution in [0.2, 0.25) is 0 Å². The molecule has 0 atom stereocenters. The Morgan fingerprint density at radius 1 is 1.38 bits per heavy atom. The number of ether oxygens (including phenoxy) is 1. The van der Waals surface area contributed by atoms with E-state index >= 15 is 0 Å². The molecule has 0 spiro atoms. The second-order valence-electron chi connectivity index (χ2n) is 5.27. The van der Waals surface area contributed by atoms with Gasteiger partial charge in [-0.3, -0.25) is 4.79 Å². The van der Waals surface area contributed by atoms with Gasteiger partial charge in [0.15, 0.2) is 9.96 Å². The van der Waals surface area contributed by atoms with Gasteiger partial charge in [0.05, 0.1) is 10.9 Å². The normalized spacial score (nSPS) is 12.0. The van der Waals surface area contributed by atoms with Gasteiger partial charge in [-0.1, -0.05) is 20.8 Å². The summed E-state index contributed by atoms with van der Waals surface area (Å²) < 4.78 is 32.3. The summed E-state index contributed by atoms with van der Waals surface area (Å²) in [6, 6.07) is 0. The molecule has 0 bridgehead atoms. The van der Waals surface area contributed by atoms with Crippen LogP contribution in [0.25, 0.3) is 0 Å². The van der Waals surface area contributed by atoms with Gasteiger partial charge in [-0.2, -0.15) is 8.42 Å². The standard InChI is InChI=1S/C11H14BrNO6S2/c1-11(2,3)4-7(14)18-6-5-20-9(8(6)12)21(16,17)19-10(13)15/h5H,4H2,1-3H3,(H2,13,15). The number of hydrogen-bond acceptors (Lipinski definition) is 7. The first-order valence-corrected chi connectivity index (χ1v) is 8.72. The Morgan fingerprint density at radius 2 is 1.95 bits per heavy atom. The van der Waals surface area contributed by atoms with Crippen LogP contribution in [0, 0.1) is 5.41 Å². The third-order valence-corrected chi connectivity index (χ3v) is 5.99. The number of halogens is 1. The van der Waals surface area contributed by atoms with Crippen molar-refractivity contribution < 1.29 is 26.9 Å². The van der Waals surface area contributed by atoms with Crippen LogP contribution in [0.5, 0.6) is 5.75 Å². The SMILES string of the molecule is CC(C)(C)CC(=O)Oc1csc(S(=O)(=O)OC(N)=O)c1Br. The molecule has 0 fully saturated rings. The quantitative estimate of drug-likeness (QED) is 0.614. The Hall–Kier alpha value is -1.13. The second-order valence-corrected chi connectivity index (χ2v) is 8.68. The number of thiophene rings is 1. The highest BCUT2D eigenvalue weighted by atomic mass is 79.9. The Bertz CT molecular complexity index is 659. The molecule has 0 saturated heterocycles. The zero-order valence-corrected chi connectivity index (χ0v) is 14.7. The minimum Gasteiger partial charge on any atom is -0.424 e. The van der Waals surface area contributed by atoms with Crippen molar-refractivity contribution in [3.63, 3.8) is 0 Å². The maximum atomic E-state index is 11.7. The Labute approximate surface area is 134 Å². The van der Waals surface area contributed by atoms with Gasteiger partial charge in [-0.25, -0.2) is 4.79 Å². The third-order valence-electron chi connectivity index (χ3n) is 1.99. The van der Waals surface area contributed by atoms with Crippen molar-refractivity contribution >= 4 is 49.4 Å². The van der Waals surface area contributed by atoms with Gasteiger partial charge in [-0.05, 0) is 21.3 Å². The topological polar surface area (TPSA) is 113 Å². The Kier molecular flexibility index (Phi) is 5.40. The molecule has 1 heterocycles. The lowest BCUT2D eigenvalue weighted by Crippen LogP contribution is -2.19. The molecule has 118 valence electrons. The van der Waals surface area contributed by atoms with E-state index in [1.54, 1.807) is 0 Å². The summed E-state index contributed by atoms with van der Waals surface area (Å²) in [5.74, 6) is -0.457. The summed E-state index contributed by atoms with van der Waals surface area (Å²) in [5, 5.41) is 1.32. The van der Waals surface area contributed by atoms with Crippen LogP contribution < -0.4 is 10.5 Å². The third kappa shape index (κ3) is 5.29. The molecular weight excluding hydrogens is 386 g/mol. The first-order chi connectivity index (χ1) is 9.42. The van der Waals surface area contributed by atoms with Crippen LogP contribution in [-0.4, -0.2) is 20.5 Å². The van der Waals surface area contributed by atoms with Gasteiger partial charge in [0, 0.05) is 5.38 Å². The fraction of sp³-hybridized carbons (Fsp3) is 0.455. The average molecular weight is 400 g/mol. The molecule has 0 unspecified atom stereocenters. The van der Waals surface area contributed by atoms with E-state index in [4.69, 9.17) is 4.74 Å². The van der Waals surface area contributed by atoms with Crippen LogP contribution in [0.4, 0.5) is 4.79 Å². The van der Waals surface area contributed by atoms with Crippen molar-refractivity contribution in [2.75, 3.05) is 0 Å². The largest absolute Gasteiger partial charge is 0.424 e. The molecule has 1 aromatic rings. The van der Waals surface area contributed by atoms with Gasteiger partial charge in [-0.15, -0.1) is 11.3 Å². The Morgan fingerprint density at radius 3 is 2.43 bits per heavy atom. The molecular formula is C11H14BrNO6S2. The second kappa shape index (κ2) is 6.32. The predicted octanol–water partition coefficient (Wildman–Crippen LogP) is 2.64. The van der Waals surface area contributed by atoms with E-state index < -0.39 is 22.2 Å². The van der Waals surface area contributed by atoms with Crippen LogP contribution in [0.15, 0.2) is 14.1 Å². The predicted molar refractivity (Wildman–Crippen MR) is 79.6 cm³/mol. The number of primary amides is 1. The highest BCUT2D eigenvalue weighted by Crippen LogP contribution is 2.39. The van der Waals surface area contributed by atoms with E-state index in [1.165, 1.54) is 5.38 Å². The van der Waals surface area contributed by atoms with E-state index in [0.717, 1.165) is 11.3 Å². The highest BCUT2D eigenvalue weighted by molar-refractivity contribution is 9.10. The molecule has 1 rings (SSSR count). The van der Waals surface area contributed by atoms with Gasteiger partial charge in [0.2, 0.25) is 0 Å². The molecule has 0 aliphatic carbocycles. The molecule has 0 aliphatic heterocycles. The first-order valence-electron chi connectivity index (χ1n) is 5.64. The average Bonchev–Trinajstić information content (AvgIpc) is 2.55. The van der Waals surface area contributed by atoms with E-state index in [2.05, 4.69) is 25.8 Å². The van der Waals surface area contributed by atoms with Crippen molar-refractivity contribution in [2.45, 2.75) is 31.4 Å². The minimum absolute atomic E-state index is 0.0102. The summed E-state index contributed by atoms with van der Waals surface area (Å²) in [6.07, 6.45) is -1.28. The lowest BCUT2D eigenvalue weighted by molar-refractivity contribution is -0.136. The number of amides is 1. The molecule has 0 aliphatic rings. The number of rotatable bonds is 4. The van der Waals surface area contributed by atoms with Gasteiger partial charge >= 0.3 is 22.2 Å². The number of carbonyl (C=O) groups is 2. The molecule has 1 aromatic heterocycles. The number of nitrogens with two attached hydrogens (primary N) is 1. The molecule has 0 aromatic carbocycles. The van der Waals surface area contributed by atoms with Crippen LogP contribution in [0.3, 0.4) is 0 Å². The van der Waals surface area contributed by atoms with E-state index in [9.17, 15) is 18.0 Å². The molecule has 7 nitrogen and oxygen atoms in total. The summed E-state index contributed by atoms with van der Waals surface area (Å²) in [6.45, 7) is 5.61. The zero-order chi connectivity index (χ0) is 16.4. The number of hydrogen-bond donors (Lipinski definition) is 1. The number of carbonyl (C=O) groups excluding carboxylic acids is 2. The molecule has 2 N–H and O–H groups in total. The van der Waals surface area contributed by atoms with Crippen molar-refractivity contribution in [3.05, 3.63) is 9.85 Å². The summed E-state index contributed by atoms with van der Waals surface area (Å²) in [5.41, 5.74) is 4.43. The van der Waals surface area contributed by atoms with E-state index in [1.807, 2.05) is 20.8 Å². The van der Waals surface area contributed by atoms with Crippen molar-refractivity contribution in [3.8, 4) is 5.75 Å². The van der Waals surface area contributed by atoms with Gasteiger partial charge in [0.25, 0.3) is 0 Å². The van der Waals surface area contributed by atoms with E-state index in [0.29, 0.717) is 0 Å². The van der Waals surface area contributed by atoms with Crippen LogP contribution >= 0.6 is 27.3 Å². The van der Waals surface area contributed by atoms with Crippen molar-refractivity contribution in [1.29, 1.82) is 0 Å². The molecule has 21 heavy (non-hydrogen) atoms. The molecule has 1 amide bonds. The molecule has 0 saturated carbocycles. The van der Waals surface area contributed by atoms with Crippen molar-refractivity contribution in [1.82, 2.24) is 0 Å². The van der Waals surface area contributed by atoms with Crippen LogP contribution in [-0.2, 0) is 19.1 Å². The first kappa shape index (κ1) is 17.9. The van der Waals surface area contributed by atoms with E-state index in [-0.39, 0.29) is 26.3 Å². The molecule has 0 radical (unpaired) electrons. The highest BCUT2D eigenvalue weighted by Gasteiger charge is 2.28. The number of esters is 1. The zero-order valence-electron chi connectivity index (χ0n) is 11.5. The Balaban J connectivity index is 2.96. The van der Waals surface area contributed by atoms with Crippen LogP contribution in [0.1, 0.15) is 27.2 Å². The minimum atomic E-state index is -4.33. The van der Waals surface area contributed by atoms with Crippen molar-refractivity contribution in [2.24, 2.45) is 11.1 Å². The lowest BCUT2D eigenvalue weighted by atomic mass is 9.92. The summed E-state index contributed by atoms with van der Waals surface area (Å²) >= 11 is 3.75. The summed E-state index contributed by atoms with van der Waals surface area (Å²) in [4.78, 5) is 22.3. The maximum absolute atomic E-state index is 11.7.